The zero-order valence-electron chi connectivity index (χ0n) is 13.6. The molecule has 0 aromatic rings. The Morgan fingerprint density at radius 2 is 1.70 bits per heavy atom. The Morgan fingerprint density at radius 1 is 1.15 bits per heavy atom. The van der Waals surface area contributed by atoms with E-state index in [0.717, 1.165) is 16.3 Å². The lowest BCUT2D eigenvalue weighted by Gasteiger charge is -2.59. The zero-order chi connectivity index (χ0) is 14.9. The second-order valence-corrected chi connectivity index (χ2v) is 7.85. The van der Waals surface area contributed by atoms with Crippen LogP contribution in [0.4, 0.5) is 0 Å². The molecule has 20 heavy (non-hydrogen) atoms. The Labute approximate surface area is 123 Å². The first-order chi connectivity index (χ1) is 9.36. The van der Waals surface area contributed by atoms with Gasteiger partial charge < -0.3 is 9.59 Å². The number of carboxylic acids is 1. The van der Waals surface area contributed by atoms with Crippen molar-refractivity contribution in [1.29, 1.82) is 0 Å². The third kappa shape index (κ3) is 2.88. The van der Waals surface area contributed by atoms with Crippen LogP contribution in [-0.2, 0) is 4.79 Å². The van der Waals surface area contributed by atoms with Crippen LogP contribution in [0, 0.1) is 11.8 Å². The molecule has 2 bridgehead atoms. The summed E-state index contributed by atoms with van der Waals surface area (Å²) >= 11 is 0. The SMILES string of the molecule is CC(C)CC1C[C@H]2CCC[C@@H](C1)[N+]2(CC(=O)O)C(C)C. The minimum atomic E-state index is -0.613. The average Bonchev–Trinajstić information content (AvgIpc) is 2.28. The maximum Gasteiger partial charge on any atom is 0.359 e. The summed E-state index contributed by atoms with van der Waals surface area (Å²) in [7, 11) is 0. The van der Waals surface area contributed by atoms with Gasteiger partial charge in [0.15, 0.2) is 6.54 Å². The van der Waals surface area contributed by atoms with E-state index in [1.807, 2.05) is 0 Å². The largest absolute Gasteiger partial charge is 0.477 e. The molecule has 2 aliphatic rings. The van der Waals surface area contributed by atoms with Gasteiger partial charge in [-0.15, -0.1) is 0 Å². The highest BCUT2D eigenvalue weighted by Crippen LogP contribution is 2.46. The number of rotatable bonds is 5. The number of hydrogen-bond acceptors (Lipinski definition) is 1. The molecule has 2 saturated heterocycles. The van der Waals surface area contributed by atoms with Crippen molar-refractivity contribution in [3.63, 3.8) is 0 Å². The lowest BCUT2D eigenvalue weighted by atomic mass is 9.72. The molecule has 2 rings (SSSR count). The number of piperidine rings is 2. The quantitative estimate of drug-likeness (QED) is 0.781. The molecule has 116 valence electrons. The van der Waals surface area contributed by atoms with Gasteiger partial charge in [0.25, 0.3) is 0 Å². The molecule has 2 heterocycles. The molecule has 4 atom stereocenters. The predicted octanol–water partition coefficient (Wildman–Crippen LogP) is 3.67. The van der Waals surface area contributed by atoms with Crippen LogP contribution < -0.4 is 0 Å². The third-order valence-electron chi connectivity index (χ3n) is 5.82. The van der Waals surface area contributed by atoms with E-state index in [-0.39, 0.29) is 0 Å². The summed E-state index contributed by atoms with van der Waals surface area (Å²) in [4.78, 5) is 11.5. The van der Waals surface area contributed by atoms with Crippen molar-refractivity contribution >= 4 is 5.97 Å². The maximum absolute atomic E-state index is 11.5. The van der Waals surface area contributed by atoms with E-state index in [0.29, 0.717) is 24.7 Å². The van der Waals surface area contributed by atoms with Crippen molar-refractivity contribution in [3.05, 3.63) is 0 Å². The highest BCUT2D eigenvalue weighted by molar-refractivity contribution is 5.68. The van der Waals surface area contributed by atoms with Gasteiger partial charge in [-0.2, -0.15) is 0 Å². The van der Waals surface area contributed by atoms with Gasteiger partial charge in [-0.25, -0.2) is 4.79 Å². The summed E-state index contributed by atoms with van der Waals surface area (Å²) in [5, 5.41) is 9.43. The molecule has 2 unspecified atom stereocenters. The lowest BCUT2D eigenvalue weighted by Crippen LogP contribution is -2.71. The second-order valence-electron chi connectivity index (χ2n) is 7.85. The van der Waals surface area contributed by atoms with Crippen molar-refractivity contribution in [2.24, 2.45) is 11.8 Å². The number of quaternary nitrogens is 1. The van der Waals surface area contributed by atoms with Crippen LogP contribution >= 0.6 is 0 Å². The van der Waals surface area contributed by atoms with Crippen LogP contribution in [0.1, 0.15) is 66.2 Å². The van der Waals surface area contributed by atoms with Gasteiger partial charge in [-0.3, -0.25) is 0 Å². The van der Waals surface area contributed by atoms with Crippen molar-refractivity contribution in [1.82, 2.24) is 0 Å². The van der Waals surface area contributed by atoms with Crippen LogP contribution in [-0.4, -0.2) is 40.2 Å². The first kappa shape index (κ1) is 15.8. The van der Waals surface area contributed by atoms with E-state index in [1.54, 1.807) is 0 Å². The van der Waals surface area contributed by atoms with Crippen LogP contribution in [0.25, 0.3) is 0 Å². The zero-order valence-corrected chi connectivity index (χ0v) is 13.6. The van der Waals surface area contributed by atoms with Crippen molar-refractivity contribution in [2.75, 3.05) is 6.54 Å². The second kappa shape index (κ2) is 6.05. The van der Waals surface area contributed by atoms with Crippen LogP contribution in [0.2, 0.25) is 0 Å². The van der Waals surface area contributed by atoms with Crippen LogP contribution in [0.5, 0.6) is 0 Å². The van der Waals surface area contributed by atoms with E-state index < -0.39 is 5.97 Å². The van der Waals surface area contributed by atoms with Crippen molar-refractivity contribution in [2.45, 2.75) is 84.3 Å². The Balaban J connectivity index is 2.23. The van der Waals surface area contributed by atoms with E-state index in [2.05, 4.69) is 27.7 Å². The van der Waals surface area contributed by atoms with Gasteiger partial charge in [0, 0.05) is 12.8 Å². The normalized spacial score (nSPS) is 37.4. The molecule has 0 aliphatic carbocycles. The summed E-state index contributed by atoms with van der Waals surface area (Å²) < 4.78 is 0.865. The van der Waals surface area contributed by atoms with Crippen LogP contribution in [0.15, 0.2) is 0 Å². The molecular weight excluding hydrogens is 250 g/mol. The fourth-order valence-corrected chi connectivity index (χ4v) is 5.24. The molecule has 3 heteroatoms. The minimum absolute atomic E-state index is 0.335. The molecule has 0 aromatic carbocycles. The van der Waals surface area contributed by atoms with Crippen LogP contribution in [0.3, 0.4) is 0 Å². The number of aliphatic carboxylic acids is 1. The van der Waals surface area contributed by atoms with Gasteiger partial charge >= 0.3 is 5.97 Å². The number of nitrogens with zero attached hydrogens (tertiary/aromatic N) is 1. The van der Waals surface area contributed by atoms with E-state index >= 15 is 0 Å². The van der Waals surface area contributed by atoms with E-state index in [1.165, 1.54) is 38.5 Å². The summed E-state index contributed by atoms with van der Waals surface area (Å²) in [6.45, 7) is 9.42. The molecular formula is C17H32NO2+. The molecule has 1 N–H and O–H groups in total. The van der Waals surface area contributed by atoms with E-state index in [4.69, 9.17) is 0 Å². The number of fused-ring (bicyclic) bond motifs is 2. The maximum atomic E-state index is 11.5. The van der Waals surface area contributed by atoms with Gasteiger partial charge in [-0.1, -0.05) is 13.8 Å². The molecule has 0 aromatic heterocycles. The molecule has 2 fully saturated rings. The average molecular weight is 282 g/mol. The summed E-state index contributed by atoms with van der Waals surface area (Å²) in [6, 6.07) is 1.60. The fourth-order valence-electron chi connectivity index (χ4n) is 5.24. The van der Waals surface area contributed by atoms with Gasteiger partial charge in [0.2, 0.25) is 0 Å². The van der Waals surface area contributed by atoms with Crippen molar-refractivity contribution in [3.8, 4) is 0 Å². The number of carboxylic acid groups (broad SMARTS) is 1. The molecule has 3 nitrogen and oxygen atoms in total. The highest BCUT2D eigenvalue weighted by Gasteiger charge is 2.53. The highest BCUT2D eigenvalue weighted by atomic mass is 16.4. The molecule has 0 saturated carbocycles. The first-order valence-electron chi connectivity index (χ1n) is 8.45. The van der Waals surface area contributed by atoms with Gasteiger partial charge in [0.05, 0.1) is 18.1 Å². The first-order valence-corrected chi connectivity index (χ1v) is 8.45. The molecule has 0 spiro atoms. The predicted molar refractivity (Wildman–Crippen MR) is 81.5 cm³/mol. The Kier molecular flexibility index (Phi) is 4.78. The standard InChI is InChI=1S/C17H31NO2/c1-12(2)8-14-9-15-6-5-7-16(10-14)18(15,13(3)4)11-17(19)20/h12-16H,5-11H2,1-4H3/p+1/t14?,15-,16+,18?. The minimum Gasteiger partial charge on any atom is -0.477 e. The Morgan fingerprint density at radius 3 is 2.10 bits per heavy atom. The number of carbonyl (C=O) groups is 1. The molecule has 0 amide bonds. The summed E-state index contributed by atoms with van der Waals surface area (Å²) in [5.74, 6) is 0.973. The lowest BCUT2D eigenvalue weighted by molar-refractivity contribution is -0.996. The summed E-state index contributed by atoms with van der Waals surface area (Å²) in [5.41, 5.74) is 0. The molecule has 2 aliphatic heterocycles. The summed E-state index contributed by atoms with van der Waals surface area (Å²) in [6.07, 6.45) is 7.58. The molecule has 0 radical (unpaired) electrons. The van der Waals surface area contributed by atoms with Gasteiger partial charge in [-0.05, 0) is 51.4 Å². The number of hydrogen-bond donors (Lipinski definition) is 1. The van der Waals surface area contributed by atoms with Gasteiger partial charge in [0.1, 0.15) is 0 Å². The monoisotopic (exact) mass is 282 g/mol. The Bertz CT molecular complexity index is 337. The van der Waals surface area contributed by atoms with E-state index in [9.17, 15) is 9.90 Å². The third-order valence-corrected chi connectivity index (χ3v) is 5.82. The fraction of sp³-hybridized carbons (Fsp3) is 0.941. The Hall–Kier alpha value is -0.570. The smallest absolute Gasteiger partial charge is 0.359 e. The van der Waals surface area contributed by atoms with Crippen molar-refractivity contribution < 1.29 is 14.4 Å². The topological polar surface area (TPSA) is 37.3 Å².